The van der Waals surface area contributed by atoms with Gasteiger partial charge in [0.15, 0.2) is 0 Å². The Kier molecular flexibility index (Phi) is 5.14. The number of rotatable bonds is 4. The van der Waals surface area contributed by atoms with Gasteiger partial charge in [-0.2, -0.15) is 4.98 Å². The molecule has 2 atom stereocenters. The summed E-state index contributed by atoms with van der Waals surface area (Å²) < 4.78 is 5.38. The Morgan fingerprint density at radius 2 is 1.89 bits per heavy atom. The quantitative estimate of drug-likeness (QED) is 0.652. The zero-order valence-corrected chi connectivity index (χ0v) is 16.6. The molecule has 0 saturated heterocycles. The van der Waals surface area contributed by atoms with Gasteiger partial charge in [0.2, 0.25) is 11.7 Å². The molecule has 0 unspecified atom stereocenters. The van der Waals surface area contributed by atoms with Crippen LogP contribution in [0.5, 0.6) is 0 Å². The van der Waals surface area contributed by atoms with Crippen LogP contribution in [0.3, 0.4) is 0 Å². The second-order valence-corrected chi connectivity index (χ2v) is 7.89. The average molecular weight is 425 g/mol. The summed E-state index contributed by atoms with van der Waals surface area (Å²) in [5.41, 5.74) is 2.68. The molecule has 1 aliphatic rings. The van der Waals surface area contributed by atoms with Crippen molar-refractivity contribution in [1.29, 1.82) is 0 Å². The van der Waals surface area contributed by atoms with E-state index in [4.69, 9.17) is 39.3 Å². The molecule has 1 N–H and O–H groups in total. The van der Waals surface area contributed by atoms with Gasteiger partial charge in [0.05, 0.1) is 18.7 Å². The maximum atomic E-state index is 10.6. The van der Waals surface area contributed by atoms with Gasteiger partial charge in [-0.05, 0) is 54.6 Å². The minimum atomic E-state index is -0.584. The highest BCUT2D eigenvalue weighted by Crippen LogP contribution is 2.41. The SMILES string of the molecule is CN(Cc1nc(-c2ccc(Cl)cc2)no1)[C@@H]1c2cc(Cl)cc(Cl)c2C[C@@H]1O. The first kappa shape index (κ1) is 18.7. The van der Waals surface area contributed by atoms with E-state index >= 15 is 0 Å². The smallest absolute Gasteiger partial charge is 0.241 e. The van der Waals surface area contributed by atoms with Crippen molar-refractivity contribution in [2.24, 2.45) is 0 Å². The normalized spacial score (nSPS) is 18.9. The fraction of sp³-hybridized carbons (Fsp3) is 0.263. The summed E-state index contributed by atoms with van der Waals surface area (Å²) in [6, 6.07) is 10.5. The summed E-state index contributed by atoms with van der Waals surface area (Å²) in [4.78, 5) is 6.40. The van der Waals surface area contributed by atoms with Gasteiger partial charge in [-0.25, -0.2) is 0 Å². The second-order valence-electron chi connectivity index (χ2n) is 6.61. The van der Waals surface area contributed by atoms with E-state index in [9.17, 15) is 5.11 Å². The van der Waals surface area contributed by atoms with Crippen LogP contribution in [-0.4, -0.2) is 33.3 Å². The fourth-order valence-electron chi connectivity index (χ4n) is 3.51. The van der Waals surface area contributed by atoms with Gasteiger partial charge in [0.25, 0.3) is 0 Å². The highest BCUT2D eigenvalue weighted by Gasteiger charge is 2.36. The molecule has 4 rings (SSSR count). The first-order chi connectivity index (χ1) is 12.9. The lowest BCUT2D eigenvalue weighted by atomic mass is 10.1. The van der Waals surface area contributed by atoms with Gasteiger partial charge in [0, 0.05) is 27.1 Å². The summed E-state index contributed by atoms with van der Waals surface area (Å²) in [5, 5.41) is 16.4. The number of likely N-dealkylation sites (N-methyl/N-ethyl adjacent to an activating group) is 1. The number of hydrogen-bond donors (Lipinski definition) is 1. The molecule has 0 bridgehead atoms. The van der Waals surface area contributed by atoms with Crippen LogP contribution in [0.2, 0.25) is 15.1 Å². The molecular formula is C19H16Cl3N3O2. The zero-order chi connectivity index (χ0) is 19.1. The largest absolute Gasteiger partial charge is 0.391 e. The third-order valence-corrected chi connectivity index (χ3v) is 5.53. The summed E-state index contributed by atoms with van der Waals surface area (Å²) in [7, 11) is 1.89. The van der Waals surface area contributed by atoms with Gasteiger partial charge < -0.3 is 9.63 Å². The Morgan fingerprint density at radius 1 is 1.15 bits per heavy atom. The number of aliphatic hydroxyl groups excluding tert-OH is 1. The van der Waals surface area contributed by atoms with Crippen LogP contribution in [0, 0.1) is 0 Å². The van der Waals surface area contributed by atoms with Crippen LogP contribution in [0.4, 0.5) is 0 Å². The topological polar surface area (TPSA) is 62.4 Å². The number of nitrogens with zero attached hydrogens (tertiary/aromatic N) is 3. The molecule has 1 aliphatic carbocycles. The van der Waals surface area contributed by atoms with Crippen molar-refractivity contribution in [3.05, 3.63) is 68.5 Å². The summed E-state index contributed by atoms with van der Waals surface area (Å²) >= 11 is 18.4. The number of fused-ring (bicyclic) bond motifs is 1. The van der Waals surface area contributed by atoms with Crippen molar-refractivity contribution >= 4 is 34.8 Å². The van der Waals surface area contributed by atoms with Crippen LogP contribution < -0.4 is 0 Å². The molecule has 3 aromatic rings. The number of benzene rings is 2. The standard InChI is InChI=1S/C19H16Cl3N3O2/c1-25(18-14-6-12(21)7-15(22)13(14)8-16(18)26)9-17-23-19(24-27-17)10-2-4-11(20)5-3-10/h2-7,16,18,26H,8-9H2,1H3/t16-,18+/m0/s1. The minimum absolute atomic E-state index is 0.248. The predicted molar refractivity (Wildman–Crippen MR) is 105 cm³/mol. The molecule has 27 heavy (non-hydrogen) atoms. The van der Waals surface area contributed by atoms with Crippen LogP contribution in [0.1, 0.15) is 23.1 Å². The highest BCUT2D eigenvalue weighted by molar-refractivity contribution is 6.35. The van der Waals surface area contributed by atoms with E-state index in [1.165, 1.54) is 0 Å². The maximum absolute atomic E-state index is 10.6. The molecule has 0 radical (unpaired) electrons. The number of hydrogen-bond acceptors (Lipinski definition) is 5. The van der Waals surface area contributed by atoms with Crippen molar-refractivity contribution < 1.29 is 9.63 Å². The fourth-order valence-corrected chi connectivity index (χ4v) is 4.22. The van der Waals surface area contributed by atoms with E-state index in [2.05, 4.69) is 10.1 Å². The average Bonchev–Trinajstić information content (AvgIpc) is 3.19. The molecule has 0 fully saturated rings. The number of halogens is 3. The van der Waals surface area contributed by atoms with E-state index in [0.29, 0.717) is 39.7 Å². The Balaban J connectivity index is 1.55. The van der Waals surface area contributed by atoms with Crippen molar-refractivity contribution in [3.63, 3.8) is 0 Å². The highest BCUT2D eigenvalue weighted by atomic mass is 35.5. The molecule has 0 aliphatic heterocycles. The third kappa shape index (κ3) is 3.71. The maximum Gasteiger partial charge on any atom is 0.241 e. The van der Waals surface area contributed by atoms with E-state index in [-0.39, 0.29) is 6.04 Å². The Labute approximate surface area is 171 Å². The molecule has 0 amide bonds. The Morgan fingerprint density at radius 3 is 2.63 bits per heavy atom. The first-order valence-electron chi connectivity index (χ1n) is 8.37. The Hall–Kier alpha value is -1.63. The lowest BCUT2D eigenvalue weighted by Gasteiger charge is -2.26. The molecule has 0 spiro atoms. The van der Waals surface area contributed by atoms with Gasteiger partial charge in [-0.1, -0.05) is 40.0 Å². The van der Waals surface area contributed by atoms with Crippen LogP contribution in [-0.2, 0) is 13.0 Å². The Bertz CT molecular complexity index is 975. The van der Waals surface area contributed by atoms with Gasteiger partial charge in [-0.15, -0.1) is 0 Å². The second kappa shape index (κ2) is 7.41. The van der Waals surface area contributed by atoms with Gasteiger partial charge in [-0.3, -0.25) is 4.90 Å². The lowest BCUT2D eigenvalue weighted by Crippen LogP contribution is -2.30. The molecular weight excluding hydrogens is 409 g/mol. The minimum Gasteiger partial charge on any atom is -0.391 e. The predicted octanol–water partition coefficient (Wildman–Crippen LogP) is 4.79. The van der Waals surface area contributed by atoms with E-state index < -0.39 is 6.10 Å². The monoisotopic (exact) mass is 423 g/mol. The summed E-state index contributed by atoms with van der Waals surface area (Å²) in [5.74, 6) is 0.949. The van der Waals surface area contributed by atoms with Crippen LogP contribution in [0.25, 0.3) is 11.4 Å². The van der Waals surface area contributed by atoms with Crippen molar-refractivity contribution in [2.45, 2.75) is 25.1 Å². The number of aliphatic hydroxyl groups is 1. The molecule has 140 valence electrons. The third-order valence-electron chi connectivity index (χ3n) is 4.72. The lowest BCUT2D eigenvalue weighted by molar-refractivity contribution is 0.0667. The van der Waals surface area contributed by atoms with Gasteiger partial charge >= 0.3 is 0 Å². The van der Waals surface area contributed by atoms with E-state index in [1.54, 1.807) is 18.2 Å². The summed E-state index contributed by atoms with van der Waals surface area (Å²) in [6.07, 6.45) is -0.0974. The van der Waals surface area contributed by atoms with Crippen molar-refractivity contribution in [2.75, 3.05) is 7.05 Å². The van der Waals surface area contributed by atoms with Crippen molar-refractivity contribution in [1.82, 2.24) is 15.0 Å². The zero-order valence-electron chi connectivity index (χ0n) is 14.4. The van der Waals surface area contributed by atoms with Gasteiger partial charge in [0.1, 0.15) is 0 Å². The molecule has 8 heteroatoms. The van der Waals surface area contributed by atoms with E-state index in [1.807, 2.05) is 30.1 Å². The molecule has 5 nitrogen and oxygen atoms in total. The molecule has 0 saturated carbocycles. The molecule has 2 aromatic carbocycles. The summed E-state index contributed by atoms with van der Waals surface area (Å²) in [6.45, 7) is 0.381. The first-order valence-corrected chi connectivity index (χ1v) is 9.50. The van der Waals surface area contributed by atoms with Crippen LogP contribution in [0.15, 0.2) is 40.9 Å². The molecule has 1 heterocycles. The van der Waals surface area contributed by atoms with E-state index in [0.717, 1.165) is 16.7 Å². The van der Waals surface area contributed by atoms with Crippen LogP contribution >= 0.6 is 34.8 Å². The van der Waals surface area contributed by atoms with Crippen molar-refractivity contribution in [3.8, 4) is 11.4 Å². The number of aromatic nitrogens is 2. The molecule has 1 aromatic heterocycles.